The molecule has 0 unspecified atom stereocenters. The highest BCUT2D eigenvalue weighted by atomic mass is 35.5. The van der Waals surface area contributed by atoms with Gasteiger partial charge in [0.05, 0.1) is 34.5 Å². The summed E-state index contributed by atoms with van der Waals surface area (Å²) in [5.74, 6) is -0.0220. The molecule has 1 aliphatic heterocycles. The molecule has 3 aromatic carbocycles. The molecule has 0 saturated carbocycles. The number of anilines is 2. The van der Waals surface area contributed by atoms with Gasteiger partial charge in [-0.3, -0.25) is 14.4 Å². The monoisotopic (exact) mass is 620 g/mol. The van der Waals surface area contributed by atoms with Gasteiger partial charge in [-0.1, -0.05) is 40.9 Å². The maximum Gasteiger partial charge on any atom is 0.310 e. The van der Waals surface area contributed by atoms with Crippen LogP contribution in [0, 0.1) is 12.8 Å². The van der Waals surface area contributed by atoms with Crippen molar-refractivity contribution in [2.24, 2.45) is 5.92 Å². The van der Waals surface area contributed by atoms with Crippen molar-refractivity contribution in [2.45, 2.75) is 26.7 Å². The Kier molecular flexibility index (Phi) is 9.33. The highest BCUT2D eigenvalue weighted by Crippen LogP contribution is 2.30. The third-order valence-corrected chi connectivity index (χ3v) is 7.81. The van der Waals surface area contributed by atoms with Gasteiger partial charge in [-0.2, -0.15) is 9.78 Å². The highest BCUT2D eigenvalue weighted by molar-refractivity contribution is 6.42. The first-order valence-corrected chi connectivity index (χ1v) is 14.6. The minimum absolute atomic E-state index is 0.133. The Bertz CT molecular complexity index is 1690. The van der Waals surface area contributed by atoms with E-state index in [4.69, 9.17) is 32.7 Å². The first-order valence-electron chi connectivity index (χ1n) is 13.9. The number of carbonyl (C=O) groups is 2. The van der Waals surface area contributed by atoms with Crippen LogP contribution in [0.1, 0.15) is 35.7 Å². The molecule has 9 nitrogen and oxygen atoms in total. The summed E-state index contributed by atoms with van der Waals surface area (Å²) in [6, 6.07) is 19.0. The van der Waals surface area contributed by atoms with E-state index >= 15 is 0 Å². The Hall–Kier alpha value is -4.34. The first-order chi connectivity index (χ1) is 20.7. The van der Waals surface area contributed by atoms with Crippen LogP contribution < -0.4 is 15.6 Å². The number of benzene rings is 3. The molecule has 1 saturated heterocycles. The van der Waals surface area contributed by atoms with Gasteiger partial charge in [-0.25, -0.2) is 0 Å². The second-order valence-electron chi connectivity index (χ2n) is 10.2. The van der Waals surface area contributed by atoms with Crippen molar-refractivity contribution in [1.29, 1.82) is 0 Å². The summed E-state index contributed by atoms with van der Waals surface area (Å²) in [7, 11) is 0. The number of nitrogens with one attached hydrogen (secondary N) is 1. The molecular formula is C32H30Cl2N4O5. The molecule has 11 heteroatoms. The number of hydrogen-bond donors (Lipinski definition) is 1. The zero-order valence-electron chi connectivity index (χ0n) is 23.7. The second kappa shape index (κ2) is 13.3. The van der Waals surface area contributed by atoms with Gasteiger partial charge < -0.3 is 19.7 Å². The fourth-order valence-electron chi connectivity index (χ4n) is 4.80. The molecule has 0 aliphatic carbocycles. The number of ether oxygens (including phenoxy) is 2. The van der Waals surface area contributed by atoms with E-state index in [1.54, 1.807) is 66.4 Å². The third kappa shape index (κ3) is 7.01. The lowest BCUT2D eigenvalue weighted by Gasteiger charge is -2.31. The third-order valence-electron chi connectivity index (χ3n) is 7.07. The lowest BCUT2D eigenvalue weighted by Crippen LogP contribution is -2.42. The Morgan fingerprint density at radius 3 is 2.47 bits per heavy atom. The summed E-state index contributed by atoms with van der Waals surface area (Å²) in [5.41, 5.74) is 2.16. The largest absolute Gasteiger partial charge is 0.466 e. The number of piperidine rings is 1. The van der Waals surface area contributed by atoms with E-state index in [0.29, 0.717) is 53.8 Å². The van der Waals surface area contributed by atoms with Crippen LogP contribution in [0.3, 0.4) is 0 Å². The predicted octanol–water partition coefficient (Wildman–Crippen LogP) is 6.80. The summed E-state index contributed by atoms with van der Waals surface area (Å²) >= 11 is 12.3. The molecule has 1 atom stereocenters. The molecule has 43 heavy (non-hydrogen) atoms. The molecule has 0 spiro atoms. The van der Waals surface area contributed by atoms with Gasteiger partial charge in [-0.15, -0.1) is 0 Å². The number of amides is 1. The Labute approximate surface area is 258 Å². The SMILES string of the molecule is CCOC(=O)[C@@H]1CCCN(C(=O)c2ccc(Nc3c(Oc4ccc(C)cc4)cnn(-c4ccc(Cl)c(Cl)c4)c3=O)cc2)C1. The highest BCUT2D eigenvalue weighted by Gasteiger charge is 2.29. The normalized spacial score (nSPS) is 14.7. The molecule has 2 heterocycles. The molecule has 1 N–H and O–H groups in total. The van der Waals surface area contributed by atoms with Crippen LogP contribution >= 0.6 is 23.2 Å². The molecule has 222 valence electrons. The van der Waals surface area contributed by atoms with Gasteiger partial charge >= 0.3 is 5.97 Å². The molecule has 0 bridgehead atoms. The Morgan fingerprint density at radius 2 is 1.77 bits per heavy atom. The zero-order valence-corrected chi connectivity index (χ0v) is 25.2. The number of esters is 1. The summed E-state index contributed by atoms with van der Waals surface area (Å²) in [4.78, 5) is 40.9. The van der Waals surface area contributed by atoms with Crippen LogP contribution in [0.5, 0.6) is 11.5 Å². The molecule has 4 aromatic rings. The summed E-state index contributed by atoms with van der Waals surface area (Å²) in [5, 5.41) is 8.09. The van der Waals surface area contributed by atoms with E-state index in [1.165, 1.54) is 10.9 Å². The standard InChI is InChI=1S/C32H30Cl2N4O5/c1-3-42-32(41)22-5-4-16-37(19-22)30(39)21-8-10-23(11-9-21)36-29-28(43-25-13-6-20(2)7-14-25)18-35-38(31(29)40)24-12-15-26(33)27(34)17-24/h6-15,17-18,22,36H,3-5,16,19H2,1-2H3/t22-/m1/s1. The van der Waals surface area contributed by atoms with Crippen molar-refractivity contribution in [3.8, 4) is 17.2 Å². The van der Waals surface area contributed by atoms with Gasteiger partial charge in [0.25, 0.3) is 11.5 Å². The van der Waals surface area contributed by atoms with Crippen LogP contribution in [0.4, 0.5) is 11.4 Å². The maximum absolute atomic E-state index is 13.7. The van der Waals surface area contributed by atoms with Gasteiger partial charge in [0, 0.05) is 24.3 Å². The lowest BCUT2D eigenvalue weighted by molar-refractivity contribution is -0.149. The van der Waals surface area contributed by atoms with Crippen molar-refractivity contribution < 1.29 is 19.1 Å². The Morgan fingerprint density at radius 1 is 1.02 bits per heavy atom. The quantitative estimate of drug-likeness (QED) is 0.216. The Balaban J connectivity index is 1.42. The molecule has 5 rings (SSSR count). The molecule has 0 radical (unpaired) electrons. The van der Waals surface area contributed by atoms with Crippen molar-refractivity contribution in [3.05, 3.63) is 104 Å². The number of nitrogens with zero attached hydrogens (tertiary/aromatic N) is 3. The van der Waals surface area contributed by atoms with E-state index in [-0.39, 0.29) is 34.3 Å². The summed E-state index contributed by atoms with van der Waals surface area (Å²) in [6.45, 7) is 4.94. The fraction of sp³-hybridized carbons (Fsp3) is 0.250. The minimum atomic E-state index is -0.485. The first kappa shape index (κ1) is 30.1. The van der Waals surface area contributed by atoms with Crippen molar-refractivity contribution >= 4 is 46.5 Å². The van der Waals surface area contributed by atoms with Crippen LogP contribution in [0.15, 0.2) is 77.7 Å². The number of hydrogen-bond acceptors (Lipinski definition) is 7. The average Bonchev–Trinajstić information content (AvgIpc) is 3.02. The zero-order chi connectivity index (χ0) is 30.5. The predicted molar refractivity (Wildman–Crippen MR) is 166 cm³/mol. The minimum Gasteiger partial charge on any atom is -0.466 e. The van der Waals surface area contributed by atoms with Gasteiger partial charge in [0.1, 0.15) is 5.75 Å². The average molecular weight is 622 g/mol. The molecule has 1 fully saturated rings. The number of likely N-dealkylation sites (tertiary alicyclic amines) is 1. The van der Waals surface area contributed by atoms with Crippen LogP contribution in [0.25, 0.3) is 5.69 Å². The van der Waals surface area contributed by atoms with Crippen molar-refractivity contribution in [1.82, 2.24) is 14.7 Å². The van der Waals surface area contributed by atoms with E-state index in [1.807, 2.05) is 19.1 Å². The van der Waals surface area contributed by atoms with Crippen LogP contribution in [0.2, 0.25) is 10.0 Å². The van der Waals surface area contributed by atoms with Crippen molar-refractivity contribution in [2.75, 3.05) is 25.0 Å². The molecular weight excluding hydrogens is 591 g/mol. The number of carbonyl (C=O) groups excluding carboxylic acids is 2. The smallest absolute Gasteiger partial charge is 0.310 e. The van der Waals surface area contributed by atoms with E-state index in [2.05, 4.69) is 10.4 Å². The number of halogens is 2. The lowest BCUT2D eigenvalue weighted by atomic mass is 9.97. The molecule has 1 aromatic heterocycles. The summed E-state index contributed by atoms with van der Waals surface area (Å²) < 4.78 is 12.4. The van der Waals surface area contributed by atoms with E-state index in [9.17, 15) is 14.4 Å². The van der Waals surface area contributed by atoms with Gasteiger partial charge in [0.2, 0.25) is 0 Å². The van der Waals surface area contributed by atoms with Crippen molar-refractivity contribution in [3.63, 3.8) is 0 Å². The topological polar surface area (TPSA) is 103 Å². The van der Waals surface area contributed by atoms with E-state index < -0.39 is 5.56 Å². The molecule has 1 aliphatic rings. The van der Waals surface area contributed by atoms with Gasteiger partial charge in [-0.05, 0) is 81.3 Å². The fourth-order valence-corrected chi connectivity index (χ4v) is 5.09. The second-order valence-corrected chi connectivity index (χ2v) is 11.0. The van der Waals surface area contributed by atoms with Crippen LogP contribution in [-0.4, -0.2) is 46.3 Å². The summed E-state index contributed by atoms with van der Waals surface area (Å²) in [6.07, 6.45) is 2.87. The molecule has 1 amide bonds. The van der Waals surface area contributed by atoms with Crippen LogP contribution in [-0.2, 0) is 9.53 Å². The van der Waals surface area contributed by atoms with E-state index in [0.717, 1.165) is 12.0 Å². The number of aromatic nitrogens is 2. The maximum atomic E-state index is 13.7. The number of aryl methyl sites for hydroxylation is 1. The number of rotatable bonds is 8. The van der Waals surface area contributed by atoms with Gasteiger partial charge in [0.15, 0.2) is 11.4 Å².